The molecule has 0 radical (unpaired) electrons. The molecule has 0 bridgehead atoms. The van der Waals surface area contributed by atoms with Crippen LogP contribution >= 0.6 is 0 Å². The van der Waals surface area contributed by atoms with Gasteiger partial charge in [-0.3, -0.25) is 9.69 Å². The van der Waals surface area contributed by atoms with Crippen molar-refractivity contribution in [2.24, 2.45) is 0 Å². The standard InChI is InChI=1S/C18H20N4O3/c1-12-9-13(2)22(20-12)15-5-3-14(4-6-15)10-21-16(23)18(19-17(21)24)7-8-25-11-18/h3-6,9H,7-8,10-11H2,1-2H3,(H,19,24). The fourth-order valence-corrected chi connectivity index (χ4v) is 3.47. The summed E-state index contributed by atoms with van der Waals surface area (Å²) in [4.78, 5) is 26.1. The Balaban J connectivity index is 1.53. The van der Waals surface area contributed by atoms with Gasteiger partial charge in [0.2, 0.25) is 0 Å². The first kappa shape index (κ1) is 15.8. The van der Waals surface area contributed by atoms with Gasteiger partial charge < -0.3 is 10.1 Å². The van der Waals surface area contributed by atoms with E-state index in [9.17, 15) is 9.59 Å². The predicted molar refractivity (Wildman–Crippen MR) is 90.3 cm³/mol. The fraction of sp³-hybridized carbons (Fsp3) is 0.389. The number of rotatable bonds is 3. The molecule has 1 unspecified atom stereocenters. The second-order valence-corrected chi connectivity index (χ2v) is 6.71. The van der Waals surface area contributed by atoms with E-state index in [2.05, 4.69) is 10.4 Å². The van der Waals surface area contributed by atoms with Gasteiger partial charge in [0.05, 0.1) is 24.5 Å². The molecule has 7 heteroatoms. The zero-order valence-electron chi connectivity index (χ0n) is 14.3. The SMILES string of the molecule is Cc1cc(C)n(-c2ccc(CN3C(=O)NC4(CCOC4)C3=O)cc2)n1. The summed E-state index contributed by atoms with van der Waals surface area (Å²) in [7, 11) is 0. The lowest BCUT2D eigenvalue weighted by Crippen LogP contribution is -2.47. The van der Waals surface area contributed by atoms with Crippen molar-refractivity contribution < 1.29 is 14.3 Å². The minimum absolute atomic E-state index is 0.197. The molecule has 2 fully saturated rings. The number of benzene rings is 1. The number of nitrogens with one attached hydrogen (secondary N) is 1. The number of hydrogen-bond acceptors (Lipinski definition) is 4. The van der Waals surface area contributed by atoms with Crippen LogP contribution in [0.25, 0.3) is 5.69 Å². The summed E-state index contributed by atoms with van der Waals surface area (Å²) < 4.78 is 7.18. The monoisotopic (exact) mass is 340 g/mol. The van der Waals surface area contributed by atoms with Crippen molar-refractivity contribution >= 4 is 11.9 Å². The molecule has 1 atom stereocenters. The van der Waals surface area contributed by atoms with Crippen molar-refractivity contribution in [3.8, 4) is 5.69 Å². The third-order valence-electron chi connectivity index (χ3n) is 4.80. The minimum atomic E-state index is -0.860. The predicted octanol–water partition coefficient (Wildman–Crippen LogP) is 1.70. The smallest absolute Gasteiger partial charge is 0.325 e. The third-order valence-corrected chi connectivity index (χ3v) is 4.80. The molecule has 25 heavy (non-hydrogen) atoms. The highest BCUT2D eigenvalue weighted by atomic mass is 16.5. The van der Waals surface area contributed by atoms with E-state index < -0.39 is 5.54 Å². The van der Waals surface area contributed by atoms with Crippen LogP contribution < -0.4 is 5.32 Å². The Kier molecular flexibility index (Phi) is 3.61. The zero-order valence-corrected chi connectivity index (χ0v) is 14.3. The number of amides is 3. The molecule has 3 heterocycles. The molecule has 0 aliphatic carbocycles. The lowest BCUT2D eigenvalue weighted by molar-refractivity contribution is -0.131. The largest absolute Gasteiger partial charge is 0.378 e. The van der Waals surface area contributed by atoms with Crippen molar-refractivity contribution in [3.63, 3.8) is 0 Å². The maximum Gasteiger partial charge on any atom is 0.325 e. The van der Waals surface area contributed by atoms with Gasteiger partial charge in [-0.25, -0.2) is 9.48 Å². The molecule has 2 saturated heterocycles. The summed E-state index contributed by atoms with van der Waals surface area (Å²) in [5.41, 5.74) is 3.00. The number of hydrogen-bond donors (Lipinski definition) is 1. The molecule has 1 aromatic carbocycles. The fourth-order valence-electron chi connectivity index (χ4n) is 3.47. The number of carbonyl (C=O) groups is 2. The average Bonchev–Trinajstić information content (AvgIpc) is 3.24. The van der Waals surface area contributed by atoms with Gasteiger partial charge in [-0.05, 0) is 37.6 Å². The molecular weight excluding hydrogens is 320 g/mol. The number of urea groups is 1. The van der Waals surface area contributed by atoms with Crippen LogP contribution in [-0.2, 0) is 16.1 Å². The van der Waals surface area contributed by atoms with Crippen LogP contribution in [0.3, 0.4) is 0 Å². The van der Waals surface area contributed by atoms with Crippen LogP contribution in [0, 0.1) is 13.8 Å². The van der Waals surface area contributed by atoms with E-state index in [1.165, 1.54) is 4.90 Å². The first-order valence-corrected chi connectivity index (χ1v) is 8.33. The van der Waals surface area contributed by atoms with Crippen molar-refractivity contribution in [3.05, 3.63) is 47.3 Å². The van der Waals surface area contributed by atoms with E-state index in [-0.39, 0.29) is 25.1 Å². The van der Waals surface area contributed by atoms with E-state index in [1.54, 1.807) is 0 Å². The Morgan fingerprint density at radius 1 is 1.24 bits per heavy atom. The van der Waals surface area contributed by atoms with Gasteiger partial charge in [-0.15, -0.1) is 0 Å². The highest BCUT2D eigenvalue weighted by molar-refractivity contribution is 6.07. The molecule has 3 amide bonds. The third kappa shape index (κ3) is 2.60. The van der Waals surface area contributed by atoms with Crippen LogP contribution in [0.4, 0.5) is 4.79 Å². The van der Waals surface area contributed by atoms with Crippen LogP contribution in [0.15, 0.2) is 30.3 Å². The van der Waals surface area contributed by atoms with E-state index in [1.807, 2.05) is 48.9 Å². The Morgan fingerprint density at radius 3 is 2.60 bits per heavy atom. The normalized spacial score (nSPS) is 22.9. The molecule has 7 nitrogen and oxygen atoms in total. The molecule has 4 rings (SSSR count). The second-order valence-electron chi connectivity index (χ2n) is 6.71. The second kappa shape index (κ2) is 5.70. The summed E-state index contributed by atoms with van der Waals surface area (Å²) in [6.45, 7) is 4.97. The average molecular weight is 340 g/mol. The molecule has 2 aromatic rings. The molecule has 2 aliphatic rings. The summed E-state index contributed by atoms with van der Waals surface area (Å²) in [6, 6.07) is 9.40. The van der Waals surface area contributed by atoms with Crippen molar-refractivity contribution in [2.75, 3.05) is 13.2 Å². The van der Waals surface area contributed by atoms with Gasteiger partial charge in [0.15, 0.2) is 0 Å². The Bertz CT molecular complexity index is 835. The number of ether oxygens (including phenoxy) is 1. The van der Waals surface area contributed by atoms with Crippen LogP contribution in [0.1, 0.15) is 23.4 Å². The molecule has 2 aliphatic heterocycles. The van der Waals surface area contributed by atoms with Crippen molar-refractivity contribution in [1.82, 2.24) is 20.0 Å². The highest BCUT2D eigenvalue weighted by Crippen LogP contribution is 2.28. The van der Waals surface area contributed by atoms with Crippen molar-refractivity contribution in [1.29, 1.82) is 0 Å². The molecule has 130 valence electrons. The molecule has 1 aromatic heterocycles. The van der Waals surface area contributed by atoms with E-state index in [0.29, 0.717) is 13.0 Å². The summed E-state index contributed by atoms with van der Waals surface area (Å²) >= 11 is 0. The Hall–Kier alpha value is -2.67. The van der Waals surface area contributed by atoms with Crippen LogP contribution in [0.2, 0.25) is 0 Å². The topological polar surface area (TPSA) is 76.5 Å². The molecule has 0 saturated carbocycles. The Morgan fingerprint density at radius 2 is 2.00 bits per heavy atom. The number of aromatic nitrogens is 2. The number of imide groups is 1. The maximum absolute atomic E-state index is 12.6. The zero-order chi connectivity index (χ0) is 17.6. The Labute approximate surface area is 145 Å². The molecular formula is C18H20N4O3. The van der Waals surface area contributed by atoms with Crippen LogP contribution in [-0.4, -0.2) is 45.4 Å². The lowest BCUT2D eigenvalue weighted by atomic mass is 9.99. The summed E-state index contributed by atoms with van der Waals surface area (Å²) in [6.07, 6.45) is 0.533. The summed E-state index contributed by atoms with van der Waals surface area (Å²) in [5.74, 6) is -0.197. The first-order valence-electron chi connectivity index (χ1n) is 8.33. The van der Waals surface area contributed by atoms with E-state index in [0.717, 1.165) is 22.6 Å². The molecule has 1 spiro atoms. The number of aryl methyl sites for hydroxylation is 2. The highest BCUT2D eigenvalue weighted by Gasteiger charge is 2.53. The van der Waals surface area contributed by atoms with Crippen molar-refractivity contribution in [2.45, 2.75) is 32.4 Å². The molecule has 1 N–H and O–H groups in total. The number of nitrogens with zero attached hydrogens (tertiary/aromatic N) is 3. The first-order chi connectivity index (χ1) is 12.0. The number of carbonyl (C=O) groups excluding carboxylic acids is 2. The minimum Gasteiger partial charge on any atom is -0.378 e. The van der Waals surface area contributed by atoms with Gasteiger partial charge >= 0.3 is 6.03 Å². The van der Waals surface area contributed by atoms with Gasteiger partial charge in [0.1, 0.15) is 5.54 Å². The van der Waals surface area contributed by atoms with Crippen LogP contribution in [0.5, 0.6) is 0 Å². The quantitative estimate of drug-likeness (QED) is 0.863. The maximum atomic E-state index is 12.6. The van der Waals surface area contributed by atoms with Gasteiger partial charge in [-0.2, -0.15) is 5.10 Å². The van der Waals surface area contributed by atoms with Gasteiger partial charge in [0.25, 0.3) is 5.91 Å². The van der Waals surface area contributed by atoms with E-state index in [4.69, 9.17) is 4.74 Å². The van der Waals surface area contributed by atoms with Gasteiger partial charge in [0, 0.05) is 18.7 Å². The van der Waals surface area contributed by atoms with Gasteiger partial charge in [-0.1, -0.05) is 12.1 Å². The van der Waals surface area contributed by atoms with E-state index >= 15 is 0 Å². The summed E-state index contributed by atoms with van der Waals surface area (Å²) in [5, 5.41) is 7.25. The lowest BCUT2D eigenvalue weighted by Gasteiger charge is -2.18.